The summed E-state index contributed by atoms with van der Waals surface area (Å²) in [5, 5.41) is 7.81. The lowest BCUT2D eigenvalue weighted by Gasteiger charge is -2.11. The third-order valence-corrected chi connectivity index (χ3v) is 4.76. The topological polar surface area (TPSA) is 99.8 Å². The molecule has 0 saturated heterocycles. The SMILES string of the molecule is Cc1nc2ncnn2c(N)c1Cc1ccc(Br)c(-n2cc(C(F)(F)F)cn2)n1. The van der Waals surface area contributed by atoms with Crippen molar-refractivity contribution in [3.63, 3.8) is 0 Å². The molecule has 2 N–H and O–H groups in total. The number of aromatic nitrogens is 7. The van der Waals surface area contributed by atoms with Crippen molar-refractivity contribution in [3.05, 3.63) is 57.8 Å². The Morgan fingerprint density at radius 3 is 2.68 bits per heavy atom. The van der Waals surface area contributed by atoms with Crippen LogP contribution in [0, 0.1) is 6.92 Å². The number of hydrogen-bond donors (Lipinski definition) is 1. The summed E-state index contributed by atoms with van der Waals surface area (Å²) in [6.45, 7) is 1.79. The molecule has 0 aliphatic carbocycles. The van der Waals surface area contributed by atoms with E-state index in [0.717, 1.165) is 17.1 Å². The van der Waals surface area contributed by atoms with Crippen molar-refractivity contribution >= 4 is 27.5 Å². The molecule has 0 fully saturated rings. The fraction of sp³-hybridized carbons (Fsp3) is 0.188. The first-order chi connectivity index (χ1) is 13.2. The summed E-state index contributed by atoms with van der Waals surface area (Å²) in [5.41, 5.74) is 7.28. The summed E-state index contributed by atoms with van der Waals surface area (Å²) >= 11 is 3.30. The number of pyridine rings is 1. The molecule has 144 valence electrons. The number of alkyl halides is 3. The molecule has 4 heterocycles. The third-order valence-electron chi connectivity index (χ3n) is 4.14. The maximum atomic E-state index is 12.9. The fourth-order valence-corrected chi connectivity index (χ4v) is 3.13. The van der Waals surface area contributed by atoms with E-state index in [0.29, 0.717) is 39.4 Å². The van der Waals surface area contributed by atoms with Crippen LogP contribution in [0.5, 0.6) is 0 Å². The zero-order chi connectivity index (χ0) is 20.1. The van der Waals surface area contributed by atoms with E-state index in [2.05, 4.69) is 41.1 Å². The lowest BCUT2D eigenvalue weighted by atomic mass is 10.1. The number of nitrogen functional groups attached to an aromatic ring is 1. The van der Waals surface area contributed by atoms with Gasteiger partial charge in [0.15, 0.2) is 5.82 Å². The number of hydrogen-bond acceptors (Lipinski definition) is 6. The van der Waals surface area contributed by atoms with Crippen LogP contribution in [0.1, 0.15) is 22.5 Å². The molecule has 0 aliphatic heterocycles. The highest BCUT2D eigenvalue weighted by Crippen LogP contribution is 2.30. The van der Waals surface area contributed by atoms with E-state index in [4.69, 9.17) is 5.73 Å². The van der Waals surface area contributed by atoms with Gasteiger partial charge in [0.1, 0.15) is 12.1 Å². The lowest BCUT2D eigenvalue weighted by molar-refractivity contribution is -0.137. The molecular weight excluding hydrogens is 441 g/mol. The average molecular weight is 453 g/mol. The fourth-order valence-electron chi connectivity index (χ4n) is 2.73. The average Bonchev–Trinajstić information content (AvgIpc) is 3.29. The van der Waals surface area contributed by atoms with Crippen LogP contribution in [0.4, 0.5) is 19.0 Å². The van der Waals surface area contributed by atoms with Crippen molar-refractivity contribution < 1.29 is 13.2 Å². The summed E-state index contributed by atoms with van der Waals surface area (Å²) in [5.74, 6) is 1.00. The molecular formula is C16H12BrF3N8. The van der Waals surface area contributed by atoms with Gasteiger partial charge in [0.05, 0.1) is 16.2 Å². The first-order valence-electron chi connectivity index (χ1n) is 7.96. The molecule has 0 atom stereocenters. The Bertz CT molecular complexity index is 1180. The molecule has 0 unspecified atom stereocenters. The van der Waals surface area contributed by atoms with E-state index in [1.807, 2.05) is 0 Å². The minimum absolute atomic E-state index is 0.235. The molecule has 12 heteroatoms. The first kappa shape index (κ1) is 18.3. The van der Waals surface area contributed by atoms with E-state index in [1.54, 1.807) is 19.1 Å². The molecule has 0 aliphatic rings. The zero-order valence-corrected chi connectivity index (χ0v) is 15.9. The second-order valence-electron chi connectivity index (χ2n) is 5.99. The highest BCUT2D eigenvalue weighted by atomic mass is 79.9. The van der Waals surface area contributed by atoms with Gasteiger partial charge in [0.25, 0.3) is 5.78 Å². The Hall–Kier alpha value is -3.02. The number of fused-ring (bicyclic) bond motifs is 1. The van der Waals surface area contributed by atoms with E-state index >= 15 is 0 Å². The molecule has 4 aromatic rings. The second kappa shape index (κ2) is 6.55. The standard InChI is InChI=1S/C16H12BrF3N8/c1-8-11(13(21)28-15(25-8)22-7-24-28)4-10-2-3-12(17)14(26-10)27-6-9(5-23-27)16(18,19)20/h2-3,5-7H,4,21H2,1H3. The molecule has 0 bridgehead atoms. The van der Waals surface area contributed by atoms with Gasteiger partial charge in [-0.05, 0) is 35.0 Å². The van der Waals surface area contributed by atoms with Crippen molar-refractivity contribution in [1.82, 2.24) is 34.3 Å². The summed E-state index contributed by atoms with van der Waals surface area (Å²) in [7, 11) is 0. The molecule has 8 nitrogen and oxygen atoms in total. The Labute approximate surface area is 164 Å². The number of anilines is 1. The van der Waals surface area contributed by atoms with Crippen LogP contribution in [0.15, 0.2) is 35.3 Å². The molecule has 4 aromatic heterocycles. The van der Waals surface area contributed by atoms with E-state index < -0.39 is 11.7 Å². The lowest BCUT2D eigenvalue weighted by Crippen LogP contribution is -2.10. The smallest absolute Gasteiger partial charge is 0.383 e. The highest BCUT2D eigenvalue weighted by Gasteiger charge is 2.32. The quantitative estimate of drug-likeness (QED) is 0.512. The minimum atomic E-state index is -4.48. The largest absolute Gasteiger partial charge is 0.419 e. The van der Waals surface area contributed by atoms with Gasteiger partial charge in [0.2, 0.25) is 0 Å². The van der Waals surface area contributed by atoms with E-state index in [1.165, 1.54) is 10.8 Å². The van der Waals surface area contributed by atoms with Crippen molar-refractivity contribution in [2.24, 2.45) is 0 Å². The van der Waals surface area contributed by atoms with Crippen molar-refractivity contribution in [2.45, 2.75) is 19.5 Å². The zero-order valence-electron chi connectivity index (χ0n) is 14.3. The van der Waals surface area contributed by atoms with Crippen LogP contribution < -0.4 is 5.73 Å². The Morgan fingerprint density at radius 1 is 1.18 bits per heavy atom. The normalized spacial score (nSPS) is 12.0. The van der Waals surface area contributed by atoms with Gasteiger partial charge in [-0.3, -0.25) is 0 Å². The van der Waals surface area contributed by atoms with Crippen molar-refractivity contribution in [2.75, 3.05) is 5.73 Å². The van der Waals surface area contributed by atoms with Crippen LogP contribution in [0.3, 0.4) is 0 Å². The number of halogens is 4. The number of nitrogens with two attached hydrogens (primary N) is 1. The molecule has 0 amide bonds. The van der Waals surface area contributed by atoms with E-state index in [9.17, 15) is 13.2 Å². The van der Waals surface area contributed by atoms with Crippen molar-refractivity contribution in [3.8, 4) is 5.82 Å². The second-order valence-corrected chi connectivity index (χ2v) is 6.84. The molecule has 0 aromatic carbocycles. The number of rotatable bonds is 3. The Balaban J connectivity index is 1.73. The predicted molar refractivity (Wildman–Crippen MR) is 96.8 cm³/mol. The maximum Gasteiger partial charge on any atom is 0.419 e. The Kier molecular flexibility index (Phi) is 4.29. The Morgan fingerprint density at radius 2 is 1.96 bits per heavy atom. The predicted octanol–water partition coefficient (Wildman–Crippen LogP) is 2.97. The molecule has 4 rings (SSSR count). The van der Waals surface area contributed by atoms with E-state index in [-0.39, 0.29) is 5.82 Å². The van der Waals surface area contributed by atoms with Crippen LogP contribution in [0.25, 0.3) is 11.6 Å². The van der Waals surface area contributed by atoms with Gasteiger partial charge < -0.3 is 5.73 Å². The summed E-state index contributed by atoms with van der Waals surface area (Å²) in [4.78, 5) is 12.8. The van der Waals surface area contributed by atoms with Gasteiger partial charge >= 0.3 is 6.18 Å². The van der Waals surface area contributed by atoms with Gasteiger partial charge in [-0.2, -0.15) is 32.9 Å². The van der Waals surface area contributed by atoms with Crippen molar-refractivity contribution in [1.29, 1.82) is 0 Å². The summed E-state index contributed by atoms with van der Waals surface area (Å²) in [6, 6.07) is 3.44. The summed E-state index contributed by atoms with van der Waals surface area (Å²) in [6.07, 6.45) is -1.17. The minimum Gasteiger partial charge on any atom is -0.383 e. The highest BCUT2D eigenvalue weighted by molar-refractivity contribution is 9.10. The monoisotopic (exact) mass is 452 g/mol. The third kappa shape index (κ3) is 3.19. The summed E-state index contributed by atoms with van der Waals surface area (Å²) < 4.78 is 41.6. The van der Waals surface area contributed by atoms with Gasteiger partial charge in [-0.1, -0.05) is 0 Å². The number of aryl methyl sites for hydroxylation is 1. The van der Waals surface area contributed by atoms with Crippen LogP contribution >= 0.6 is 15.9 Å². The number of nitrogens with zero attached hydrogens (tertiary/aromatic N) is 7. The van der Waals surface area contributed by atoms with Gasteiger partial charge in [-0.25, -0.2) is 14.6 Å². The maximum absolute atomic E-state index is 12.9. The van der Waals surface area contributed by atoms with Gasteiger partial charge in [0, 0.05) is 29.6 Å². The van der Waals surface area contributed by atoms with Gasteiger partial charge in [-0.15, -0.1) is 0 Å². The van der Waals surface area contributed by atoms with Crippen LogP contribution in [-0.4, -0.2) is 34.3 Å². The van der Waals surface area contributed by atoms with Crippen LogP contribution in [0.2, 0.25) is 0 Å². The molecule has 28 heavy (non-hydrogen) atoms. The molecule has 0 radical (unpaired) electrons. The first-order valence-corrected chi connectivity index (χ1v) is 8.75. The molecule has 0 spiro atoms. The van der Waals surface area contributed by atoms with Crippen LogP contribution in [-0.2, 0) is 12.6 Å². The molecule has 0 saturated carbocycles.